The molecule has 168 valence electrons. The van der Waals surface area contributed by atoms with Gasteiger partial charge in [0.25, 0.3) is 0 Å². The lowest BCUT2D eigenvalue weighted by molar-refractivity contribution is -0.149. The van der Waals surface area contributed by atoms with Gasteiger partial charge >= 0.3 is 17.9 Å². The monoisotopic (exact) mass is 445 g/mol. The Labute approximate surface area is 190 Å². The van der Waals surface area contributed by atoms with Crippen molar-refractivity contribution in [1.29, 1.82) is 0 Å². The van der Waals surface area contributed by atoms with Gasteiger partial charge < -0.3 is 14.2 Å². The predicted octanol–water partition coefficient (Wildman–Crippen LogP) is 3.38. The highest BCUT2D eigenvalue weighted by atomic mass is 16.6. The number of nitrogens with zero attached hydrogens (tertiary/aromatic N) is 1. The molecule has 0 saturated carbocycles. The minimum absolute atomic E-state index is 0.0335. The SMILES string of the molecule is C=C1C(=O)O[C@H]2CC3=CC(C/C(C)=C/[C@@H](OC(=O)Cc4cccc5cccnc45)[C@H]12)OC3=O. The summed E-state index contributed by atoms with van der Waals surface area (Å²) in [4.78, 5) is 42.0. The van der Waals surface area contributed by atoms with Crippen LogP contribution in [0.3, 0.4) is 0 Å². The van der Waals surface area contributed by atoms with E-state index in [9.17, 15) is 14.4 Å². The number of carbonyl (C=O) groups is 3. The minimum atomic E-state index is -0.752. The van der Waals surface area contributed by atoms with Crippen LogP contribution in [0.1, 0.15) is 25.3 Å². The molecule has 1 fully saturated rings. The van der Waals surface area contributed by atoms with Crippen LogP contribution < -0.4 is 0 Å². The molecule has 1 aliphatic carbocycles. The second-order valence-corrected chi connectivity index (χ2v) is 8.68. The number of ether oxygens (including phenoxy) is 3. The van der Waals surface area contributed by atoms with E-state index >= 15 is 0 Å². The molecule has 2 bridgehead atoms. The van der Waals surface area contributed by atoms with Gasteiger partial charge in [-0.25, -0.2) is 9.59 Å². The van der Waals surface area contributed by atoms with Gasteiger partial charge in [-0.05, 0) is 30.7 Å². The van der Waals surface area contributed by atoms with Crippen LogP contribution >= 0.6 is 0 Å². The molecule has 2 aromatic rings. The highest BCUT2D eigenvalue weighted by Crippen LogP contribution is 2.38. The quantitative estimate of drug-likeness (QED) is 0.310. The normalized spacial score (nSPS) is 28.3. The standard InChI is InChI=1S/C26H23NO6/c1-14-9-19-11-18(26(30)31-19)12-21-23(15(2)25(29)33-21)20(10-14)32-22(28)13-17-6-3-5-16-7-4-8-27-24(16)17/h3-8,10-11,19-21,23H,2,9,12-13H2,1H3/b14-10+/t19?,20-,21+,23+/m1/s1. The first-order valence-electron chi connectivity index (χ1n) is 10.9. The fourth-order valence-electron chi connectivity index (χ4n) is 4.77. The van der Waals surface area contributed by atoms with Crippen LogP contribution in [0.2, 0.25) is 0 Å². The summed E-state index contributed by atoms with van der Waals surface area (Å²) in [7, 11) is 0. The molecule has 0 amide bonds. The van der Waals surface area contributed by atoms with Crippen molar-refractivity contribution in [2.45, 2.75) is 44.5 Å². The summed E-state index contributed by atoms with van der Waals surface area (Å²) < 4.78 is 16.8. The number of carbonyl (C=O) groups excluding carboxylic acids is 3. The molecular formula is C26H23NO6. The number of hydrogen-bond donors (Lipinski definition) is 0. The topological polar surface area (TPSA) is 91.8 Å². The lowest BCUT2D eigenvalue weighted by Gasteiger charge is -2.26. The molecule has 2 aliphatic heterocycles. The zero-order valence-electron chi connectivity index (χ0n) is 18.2. The summed E-state index contributed by atoms with van der Waals surface area (Å²) in [6, 6.07) is 9.45. The van der Waals surface area contributed by atoms with Crippen LogP contribution in [0.5, 0.6) is 0 Å². The van der Waals surface area contributed by atoms with Gasteiger partial charge in [0.1, 0.15) is 18.3 Å². The van der Waals surface area contributed by atoms with Gasteiger partial charge in [0, 0.05) is 35.6 Å². The summed E-state index contributed by atoms with van der Waals surface area (Å²) >= 11 is 0. The first-order chi connectivity index (χ1) is 15.9. The highest BCUT2D eigenvalue weighted by Gasteiger charge is 2.46. The van der Waals surface area contributed by atoms with Crippen LogP contribution in [-0.2, 0) is 35.0 Å². The van der Waals surface area contributed by atoms with E-state index < -0.39 is 36.0 Å². The summed E-state index contributed by atoms with van der Waals surface area (Å²) in [6.45, 7) is 5.77. The van der Waals surface area contributed by atoms with Gasteiger partial charge in [-0.15, -0.1) is 0 Å². The van der Waals surface area contributed by atoms with Gasteiger partial charge in [-0.3, -0.25) is 9.78 Å². The number of aromatic nitrogens is 1. The lowest BCUT2D eigenvalue weighted by Crippen LogP contribution is -2.33. The second kappa shape index (κ2) is 8.31. The number of hydrogen-bond acceptors (Lipinski definition) is 7. The Kier molecular flexibility index (Phi) is 5.32. The van der Waals surface area contributed by atoms with Crippen molar-refractivity contribution in [1.82, 2.24) is 4.98 Å². The molecule has 1 aromatic carbocycles. The molecule has 1 saturated heterocycles. The third-order valence-electron chi connectivity index (χ3n) is 6.30. The Balaban J connectivity index is 1.43. The summed E-state index contributed by atoms with van der Waals surface area (Å²) in [5, 5.41) is 0.939. The average Bonchev–Trinajstić information content (AvgIpc) is 3.25. The molecule has 1 aromatic heterocycles. The fourth-order valence-corrected chi connectivity index (χ4v) is 4.77. The van der Waals surface area contributed by atoms with Gasteiger partial charge in [0.2, 0.25) is 0 Å². The van der Waals surface area contributed by atoms with Crippen LogP contribution in [0, 0.1) is 5.92 Å². The molecular weight excluding hydrogens is 422 g/mol. The third-order valence-corrected chi connectivity index (χ3v) is 6.30. The molecule has 3 heterocycles. The van der Waals surface area contributed by atoms with E-state index in [0.717, 1.165) is 22.0 Å². The Hall–Kier alpha value is -3.74. The molecule has 0 spiro atoms. The molecule has 7 nitrogen and oxygen atoms in total. The highest BCUT2D eigenvalue weighted by molar-refractivity contribution is 5.93. The van der Waals surface area contributed by atoms with E-state index in [1.54, 1.807) is 12.3 Å². The molecule has 3 aliphatic rings. The van der Waals surface area contributed by atoms with Crippen molar-refractivity contribution in [3.8, 4) is 0 Å². The first kappa shape index (κ1) is 21.1. The maximum atomic E-state index is 13.0. The minimum Gasteiger partial charge on any atom is -0.458 e. The van der Waals surface area contributed by atoms with Crippen LogP contribution in [0.4, 0.5) is 0 Å². The number of para-hydroxylation sites is 1. The first-order valence-corrected chi connectivity index (χ1v) is 10.9. The lowest BCUT2D eigenvalue weighted by atomic mass is 9.85. The summed E-state index contributed by atoms with van der Waals surface area (Å²) in [6.07, 6.45) is 4.20. The molecule has 5 rings (SSSR count). The van der Waals surface area contributed by atoms with Gasteiger partial charge in [0.05, 0.1) is 17.9 Å². The molecule has 33 heavy (non-hydrogen) atoms. The van der Waals surface area contributed by atoms with Crippen molar-refractivity contribution in [2.24, 2.45) is 5.92 Å². The summed E-state index contributed by atoms with van der Waals surface area (Å²) in [5.74, 6) is -1.98. The zero-order valence-corrected chi connectivity index (χ0v) is 18.2. The van der Waals surface area contributed by atoms with Gasteiger partial charge in [0.15, 0.2) is 0 Å². The number of benzene rings is 1. The molecule has 7 heteroatoms. The van der Waals surface area contributed by atoms with Gasteiger partial charge in [-0.2, -0.15) is 0 Å². The molecule has 0 radical (unpaired) electrons. The smallest absolute Gasteiger partial charge is 0.334 e. The fraction of sp³-hybridized carbons (Fsp3) is 0.308. The van der Waals surface area contributed by atoms with E-state index in [1.807, 2.05) is 43.3 Å². The molecule has 0 N–H and O–H groups in total. The maximum absolute atomic E-state index is 13.0. The largest absolute Gasteiger partial charge is 0.458 e. The van der Waals surface area contributed by atoms with Crippen molar-refractivity contribution < 1.29 is 28.6 Å². The summed E-state index contributed by atoms with van der Waals surface area (Å²) in [5.41, 5.74) is 3.09. The average molecular weight is 445 g/mol. The van der Waals surface area contributed by atoms with Crippen molar-refractivity contribution in [2.75, 3.05) is 0 Å². The third kappa shape index (κ3) is 4.06. The zero-order chi connectivity index (χ0) is 23.1. The van der Waals surface area contributed by atoms with E-state index in [1.165, 1.54) is 0 Å². The predicted molar refractivity (Wildman–Crippen MR) is 119 cm³/mol. The van der Waals surface area contributed by atoms with E-state index in [0.29, 0.717) is 12.0 Å². The molecule has 1 unspecified atom stereocenters. The van der Waals surface area contributed by atoms with Crippen LogP contribution in [0.15, 0.2) is 72.0 Å². The maximum Gasteiger partial charge on any atom is 0.334 e. The van der Waals surface area contributed by atoms with E-state index in [4.69, 9.17) is 14.2 Å². The number of rotatable bonds is 3. The van der Waals surface area contributed by atoms with Gasteiger partial charge in [-0.1, -0.05) is 36.4 Å². The van der Waals surface area contributed by atoms with Crippen molar-refractivity contribution >= 4 is 28.8 Å². The Morgan fingerprint density at radius 1 is 1.12 bits per heavy atom. The van der Waals surface area contributed by atoms with Crippen LogP contribution in [0.25, 0.3) is 10.9 Å². The number of pyridine rings is 1. The van der Waals surface area contributed by atoms with E-state index in [2.05, 4.69) is 11.6 Å². The Bertz CT molecular complexity index is 1240. The van der Waals surface area contributed by atoms with E-state index in [-0.39, 0.29) is 24.5 Å². The number of esters is 3. The van der Waals surface area contributed by atoms with Crippen molar-refractivity contribution in [3.05, 3.63) is 77.5 Å². The Morgan fingerprint density at radius 2 is 1.94 bits per heavy atom. The second-order valence-electron chi connectivity index (χ2n) is 8.68. The number of fused-ring (bicyclic) bond motifs is 3. The van der Waals surface area contributed by atoms with Crippen LogP contribution in [-0.4, -0.2) is 41.2 Å². The van der Waals surface area contributed by atoms with Crippen molar-refractivity contribution in [3.63, 3.8) is 0 Å². The Morgan fingerprint density at radius 3 is 2.79 bits per heavy atom. The molecule has 4 atom stereocenters.